The molecule has 13 nitrogen and oxygen atoms in total. The van der Waals surface area contributed by atoms with E-state index in [0.717, 1.165) is 18.2 Å². The van der Waals surface area contributed by atoms with Crippen molar-refractivity contribution < 1.29 is 99.8 Å². The van der Waals surface area contributed by atoms with Gasteiger partial charge >= 0.3 is 59.1 Å². The van der Waals surface area contributed by atoms with Crippen LogP contribution in [0.2, 0.25) is 0 Å². The van der Waals surface area contributed by atoms with E-state index in [1.165, 1.54) is 36.4 Å². The molecule has 0 aliphatic heterocycles. The number of rotatable bonds is 8. The van der Waals surface area contributed by atoms with Crippen LogP contribution in [0, 0.1) is 0 Å². The van der Waals surface area contributed by atoms with E-state index in [1.54, 1.807) is 48.5 Å². The summed E-state index contributed by atoms with van der Waals surface area (Å²) in [6.07, 6.45) is 0.746. The average Bonchev–Trinajstić information content (AvgIpc) is 3.01. The van der Waals surface area contributed by atoms with Crippen LogP contribution in [-0.4, -0.2) is 49.2 Å². The van der Waals surface area contributed by atoms with Gasteiger partial charge in [-0.15, -0.1) is 0 Å². The van der Waals surface area contributed by atoms with Crippen LogP contribution in [0.3, 0.4) is 0 Å². The molecule has 0 atom stereocenters. The van der Waals surface area contributed by atoms with Gasteiger partial charge in [0.05, 0.1) is 21.8 Å². The second-order valence-corrected chi connectivity index (χ2v) is 12.2. The Balaban J connectivity index is 0.00000300. The molecule has 4 aromatic rings. The molecule has 1 aliphatic carbocycles. The minimum absolute atomic E-state index is 0. The quantitative estimate of drug-likeness (QED) is 0.0567. The van der Waals surface area contributed by atoms with Gasteiger partial charge in [-0.1, -0.05) is 48.5 Å². The Bertz CT molecular complexity index is 2140. The van der Waals surface area contributed by atoms with Gasteiger partial charge in [-0.2, -0.15) is 13.5 Å². The molecule has 0 spiro atoms. The van der Waals surface area contributed by atoms with Crippen molar-refractivity contribution in [2.75, 3.05) is 10.7 Å². The summed E-state index contributed by atoms with van der Waals surface area (Å²) in [7, 11) is -10.3. The van der Waals surface area contributed by atoms with Crippen molar-refractivity contribution in [3.8, 4) is 0 Å². The van der Waals surface area contributed by atoms with Crippen molar-refractivity contribution in [1.82, 2.24) is 0 Å². The summed E-state index contributed by atoms with van der Waals surface area (Å²) in [4.78, 5) is 28.0. The van der Waals surface area contributed by atoms with Crippen LogP contribution in [-0.2, 0) is 20.2 Å². The van der Waals surface area contributed by atoms with E-state index in [2.05, 4.69) is 20.8 Å². The minimum atomic E-state index is -5.16. The Morgan fingerprint density at radius 1 is 0.787 bits per heavy atom. The summed E-state index contributed by atoms with van der Waals surface area (Å²) in [5.41, 5.74) is 1.51. The second-order valence-electron chi connectivity index (χ2n) is 9.43. The number of Topliss-reactive ketones (excluding diaryl/α,β-unsaturated/α-hetero) is 1. The van der Waals surface area contributed by atoms with E-state index in [9.17, 15) is 40.6 Å². The minimum Gasteiger partial charge on any atom is -0.858 e. The number of ketones is 1. The van der Waals surface area contributed by atoms with Gasteiger partial charge in [0, 0.05) is 11.3 Å². The van der Waals surface area contributed by atoms with Crippen LogP contribution in [0.1, 0.15) is 31.8 Å². The van der Waals surface area contributed by atoms with Gasteiger partial charge in [0.1, 0.15) is 15.0 Å². The summed E-state index contributed by atoms with van der Waals surface area (Å²) in [5, 5.41) is 19.4. The van der Waals surface area contributed by atoms with Crippen molar-refractivity contribution >= 4 is 66.7 Å². The molecule has 0 fully saturated rings. The molecule has 17 heteroatoms. The Hall–Kier alpha value is -3.48. The molecule has 0 aromatic heterocycles. The van der Waals surface area contributed by atoms with Gasteiger partial charge in [-0.05, 0) is 71.6 Å². The molecule has 0 heterocycles. The summed E-state index contributed by atoms with van der Waals surface area (Å²) >= 11 is 0. The number of allylic oxidation sites excluding steroid dienone is 1. The van der Waals surface area contributed by atoms with Crippen LogP contribution in [0.5, 0.6) is 0 Å². The molecule has 3 N–H and O–H groups in total. The van der Waals surface area contributed by atoms with Crippen LogP contribution >= 0.6 is 0 Å². The van der Waals surface area contributed by atoms with Gasteiger partial charge in [0.25, 0.3) is 16.0 Å². The molecule has 0 saturated carbocycles. The number of amides is 1. The number of hydrogen-bond acceptors (Lipinski definition) is 11. The standard InChI is InChI=1S/C30H22N4O9S2.2Na/c35-28-26-20(15-23(44(38,39)40)17-24(26)32-30(37)19-9-5-2-6-10-19)16-25(45(41,42)43)27(28)34-33-22-13-11-21(12-14-22)31-29(36)18-7-3-1-4-8-18;;/h1-17,33H,(H,31,36)(H,32,37)(H,38,39,40)(H,41,42,43);;/q;2*+1/p-2/b34-27+;;. The van der Waals surface area contributed by atoms with Crippen LogP contribution in [0.25, 0.3) is 6.08 Å². The van der Waals surface area contributed by atoms with Crippen molar-refractivity contribution in [2.45, 2.75) is 4.90 Å². The van der Waals surface area contributed by atoms with Gasteiger partial charge in [0.15, 0.2) is 5.71 Å². The second kappa shape index (κ2) is 15.6. The Morgan fingerprint density at radius 3 is 1.89 bits per heavy atom. The van der Waals surface area contributed by atoms with E-state index in [-0.39, 0.29) is 76.3 Å². The number of hydrogen-bond donors (Lipinski definition) is 3. The Labute approximate surface area is 313 Å². The normalized spacial score (nSPS) is 13.8. The zero-order valence-electron chi connectivity index (χ0n) is 24.7. The maximum atomic E-state index is 13.7. The molecule has 0 saturated heterocycles. The molecule has 228 valence electrons. The predicted molar refractivity (Wildman–Crippen MR) is 163 cm³/mol. The van der Waals surface area contributed by atoms with E-state index >= 15 is 0 Å². The molecule has 5 rings (SSSR count). The maximum Gasteiger partial charge on any atom is 1.00 e. The van der Waals surface area contributed by atoms with Gasteiger partial charge < -0.3 is 15.0 Å². The third kappa shape index (κ3) is 9.11. The zero-order chi connectivity index (χ0) is 32.4. The van der Waals surface area contributed by atoms with Crippen LogP contribution in [0.15, 0.2) is 117 Å². The molecule has 1 amide bonds. The average molecular weight is 691 g/mol. The van der Waals surface area contributed by atoms with Gasteiger partial charge in [-0.25, -0.2) is 8.42 Å². The van der Waals surface area contributed by atoms with E-state index < -0.39 is 64.2 Å². The molecule has 47 heavy (non-hydrogen) atoms. The molecule has 1 aliphatic rings. The summed E-state index contributed by atoms with van der Waals surface area (Å²) < 4.78 is 70.0. The van der Waals surface area contributed by atoms with Gasteiger partial charge in [0.2, 0.25) is 5.78 Å². The molecule has 0 bridgehead atoms. The molecule has 0 unspecified atom stereocenters. The number of nitrogens with zero attached hydrogens (tertiary/aromatic N) is 2. The summed E-state index contributed by atoms with van der Waals surface area (Å²) in [6, 6.07) is 23.4. The maximum absolute atomic E-state index is 13.7. The number of carbonyl (C=O) groups is 2. The number of anilines is 2. The SMILES string of the molecule is O=C(Nc1ccc(N/N=C2/C(=O)c3c(cc(S(=O)(=O)[O-])cc3N=C([O-])c3ccccc3)C=C2S(=O)(=O)O)cc1)c1ccccc1.[Na+].[Na+]. The number of fused-ring (bicyclic) bond motifs is 1. The first kappa shape index (κ1) is 38.0. The fourth-order valence-electron chi connectivity index (χ4n) is 4.25. The number of carbonyl (C=O) groups excluding carboxylic acids is 2. The molecule has 0 radical (unpaired) electrons. The Kier molecular flexibility index (Phi) is 12.6. The number of benzene rings is 4. The summed E-state index contributed by atoms with van der Waals surface area (Å²) in [5.74, 6) is -2.38. The predicted octanol–water partition coefficient (Wildman–Crippen LogP) is -2.82. The zero-order valence-corrected chi connectivity index (χ0v) is 30.4. The van der Waals surface area contributed by atoms with Crippen molar-refractivity contribution in [1.29, 1.82) is 0 Å². The third-order valence-corrected chi connectivity index (χ3v) is 8.05. The molecular formula is C30H20N4Na2O9S2. The molecular weight excluding hydrogens is 670 g/mol. The smallest absolute Gasteiger partial charge is 0.858 e. The number of aliphatic imine (C=N–C) groups is 1. The number of nitrogens with one attached hydrogen (secondary N) is 2. The molecule has 4 aromatic carbocycles. The van der Waals surface area contributed by atoms with Crippen molar-refractivity contribution in [3.63, 3.8) is 0 Å². The van der Waals surface area contributed by atoms with E-state index in [0.29, 0.717) is 11.3 Å². The van der Waals surface area contributed by atoms with E-state index in [1.807, 2.05) is 0 Å². The largest absolute Gasteiger partial charge is 1.00 e. The van der Waals surface area contributed by atoms with Crippen molar-refractivity contribution in [2.24, 2.45) is 10.1 Å². The summed E-state index contributed by atoms with van der Waals surface area (Å²) in [6.45, 7) is 0. The fourth-order valence-corrected chi connectivity index (χ4v) is 5.44. The van der Waals surface area contributed by atoms with Gasteiger partial charge in [-0.3, -0.25) is 24.6 Å². The first-order valence-corrected chi connectivity index (χ1v) is 15.7. The number of hydrazone groups is 1. The van der Waals surface area contributed by atoms with Crippen molar-refractivity contribution in [3.05, 3.63) is 124 Å². The fraction of sp³-hybridized carbons (Fsp3) is 0. The van der Waals surface area contributed by atoms with E-state index in [4.69, 9.17) is 0 Å². The first-order chi connectivity index (χ1) is 21.3. The Morgan fingerprint density at radius 2 is 1.34 bits per heavy atom. The van der Waals surface area contributed by atoms with Crippen LogP contribution in [0.4, 0.5) is 17.1 Å². The first-order valence-electron chi connectivity index (χ1n) is 12.8. The monoisotopic (exact) mass is 690 g/mol. The topological polar surface area (TPSA) is 218 Å². The van der Waals surface area contributed by atoms with Crippen LogP contribution < -0.4 is 75.0 Å². The third-order valence-electron chi connectivity index (χ3n) is 6.37.